The summed E-state index contributed by atoms with van der Waals surface area (Å²) in [6, 6.07) is 36.1. The summed E-state index contributed by atoms with van der Waals surface area (Å²) in [5, 5.41) is 63.5. The normalized spacial score (nSPS) is 32.7. The highest BCUT2D eigenvalue weighted by Gasteiger charge is 2.81. The molecule has 8 aliphatic carbocycles. The van der Waals surface area contributed by atoms with Gasteiger partial charge in [-0.1, -0.05) is 150 Å². The first-order chi connectivity index (χ1) is 65.6. The van der Waals surface area contributed by atoms with Crippen LogP contribution in [0.4, 0.5) is 15.3 Å². The van der Waals surface area contributed by atoms with Gasteiger partial charge in [0, 0.05) is 90.9 Å². The van der Waals surface area contributed by atoms with Gasteiger partial charge >= 0.3 is 48.1 Å². The highest BCUT2D eigenvalue weighted by atomic mass is 16.7. The predicted octanol–water partition coefficient (Wildman–Crippen LogP) is 12.7. The average Bonchev–Trinajstić information content (AvgIpc) is 0.670. The number of benzene rings is 5. The van der Waals surface area contributed by atoms with Crippen molar-refractivity contribution in [1.29, 1.82) is 0 Å². The molecular weight excluding hydrogens is 1790 g/mol. The standard InChI is InChI=1S/C49H61NO14.C40H49NO12.C15H17NO5/c1-28-33(62-44(55)38(52)37(30-19-13-11-14-20-30)50-45(56)61-32-23-17-9-8-10-18-24-32)26-49(57)42(63-43(54)31-21-15-12-16-22-31)40-47(5,41(53)39(59-7)36(28)46(49,3)4)34(58-6)25-35-48(40,27-60-35)64-29(2)51;1-21-25(51-36(46)30(43)29(41)23-14-10-8-11-15-23)19-40(47)34(52-35(45)24-16-12-9-13-17-24)32-38(5,33(44)31(49-7)28(21)37(40,3)4)26(48-6)18-27-39(32,20-50-27)53-22(2)42;17-15(20-13-6-4-2-1-3-5-7-13)21-14-10-8-12(9-11-14)16(18)19/h11-17,19-23,32-35,37-40,42,52,57H,8-10,18,24-27H2,1-7H3,(H,50,56);8-17,25-27,29-32,34,43,47H,18-20,41H2,1-7H3;4,6,8-11,13H,1-3,5,7H2/b23-17+;;6-4+/t32?,33-,34-,35+,37-,38+,39+,40-,42-,47+,48-,49+;25-,26-,27+,29-,30+,31+,32-,34-,38+,39-,40+;/m00./s1. The van der Waals surface area contributed by atoms with Gasteiger partial charge in [0.05, 0.1) is 76.2 Å². The number of aliphatic hydroxyl groups excluding tert-OH is 2. The third-order valence-corrected chi connectivity index (χ3v) is 30.2. The molecule has 2 heterocycles. The van der Waals surface area contributed by atoms with Crippen LogP contribution in [0.15, 0.2) is 192 Å². The van der Waals surface area contributed by atoms with Crippen LogP contribution in [0.3, 0.4) is 0 Å². The minimum Gasteiger partial charge on any atom is -0.456 e. The summed E-state index contributed by atoms with van der Waals surface area (Å²) in [5.74, 6) is -8.54. The van der Waals surface area contributed by atoms with Crippen molar-refractivity contribution < 1.29 is 144 Å². The fourth-order valence-corrected chi connectivity index (χ4v) is 22.8. The SMILES string of the molecule is CO[C@H]1C(=O)[C@]2(C)[C@@H](OC)C[C@H]3OC[C@@]3(OC(C)=O)[C@H]2[C@H](OC(=O)c2ccccc2)[C@]2(O)C[C@H](OC(=O)[C@H](O)[C@@H](N)c3ccccc3)C(C)=C1C2(C)C.CO[C@H]1C(=O)[C@]2(C)[C@@H](OC)C[C@H]3OC[C@@]3(OC(C)=O)[C@H]2[C@H](OC(=O)c2ccccc2)[C@]2(O)C[C@H](OC(=O)[C@H](O)[C@@H](NC(=O)OC3/C=C/CCCCC3)c3ccccc3)C(C)=C1C2(C)C.O=C(Oc1ccc([N+](=O)[O-])cc1)OC1/C=C/CCCCC1. The number of methoxy groups -OCH3 is 4. The van der Waals surface area contributed by atoms with Gasteiger partial charge in [0.1, 0.15) is 78.0 Å². The van der Waals surface area contributed by atoms with Crippen molar-refractivity contribution in [2.24, 2.45) is 39.2 Å². The number of hydrogen-bond acceptors (Lipinski definition) is 32. The number of aliphatic hydroxyl groups is 4. The van der Waals surface area contributed by atoms with E-state index in [1.54, 1.807) is 177 Å². The molecule has 0 spiro atoms. The van der Waals surface area contributed by atoms with Crippen LogP contribution >= 0.6 is 0 Å². The smallest absolute Gasteiger partial charge is 0.456 e. The average molecular weight is 1920 g/mol. The lowest BCUT2D eigenvalue weighted by Gasteiger charge is -2.67. The molecule has 1 amide bonds. The Morgan fingerprint density at radius 1 is 0.507 bits per heavy atom. The minimum atomic E-state index is -2.22. The molecular formula is C104H127N3O31. The van der Waals surface area contributed by atoms with E-state index in [2.05, 4.69) is 5.32 Å². The number of nitrogens with one attached hydrogen (secondary N) is 1. The second kappa shape index (κ2) is 42.8. The monoisotopic (exact) mass is 1910 g/mol. The molecule has 2 aliphatic heterocycles. The first-order valence-corrected chi connectivity index (χ1v) is 46.9. The number of nitrogens with two attached hydrogens (primary N) is 1. The summed E-state index contributed by atoms with van der Waals surface area (Å²) < 4.78 is 89.7. The van der Waals surface area contributed by atoms with Crippen LogP contribution in [0.1, 0.15) is 203 Å². The second-order valence-electron chi connectivity index (χ2n) is 38.7. The van der Waals surface area contributed by atoms with E-state index >= 15 is 9.59 Å². The van der Waals surface area contributed by atoms with E-state index in [9.17, 15) is 68.9 Å². The Kier molecular flexibility index (Phi) is 32.3. The van der Waals surface area contributed by atoms with Crippen molar-refractivity contribution >= 4 is 65.3 Å². The molecule has 15 rings (SSSR count). The molecule has 744 valence electrons. The number of carbonyl (C=O) groups excluding carboxylic acids is 10. The van der Waals surface area contributed by atoms with Gasteiger partial charge in [-0.15, -0.1) is 0 Å². The van der Waals surface area contributed by atoms with Crippen molar-refractivity contribution in [3.8, 4) is 5.75 Å². The van der Waals surface area contributed by atoms with Gasteiger partial charge in [-0.3, -0.25) is 29.3 Å². The summed E-state index contributed by atoms with van der Waals surface area (Å²) >= 11 is 0. The van der Waals surface area contributed by atoms with Crippen molar-refractivity contribution in [3.63, 3.8) is 0 Å². The van der Waals surface area contributed by atoms with E-state index in [-0.39, 0.29) is 66.7 Å². The number of allylic oxidation sites excluding steroid dienone is 2. The molecule has 5 aromatic rings. The fourth-order valence-electron chi connectivity index (χ4n) is 22.8. The Morgan fingerprint density at radius 2 is 0.906 bits per heavy atom. The Balaban J connectivity index is 0.000000195. The van der Waals surface area contributed by atoms with Crippen molar-refractivity contribution in [1.82, 2.24) is 5.32 Å². The third kappa shape index (κ3) is 20.0. The van der Waals surface area contributed by atoms with E-state index in [4.69, 9.17) is 76.8 Å². The first-order valence-electron chi connectivity index (χ1n) is 46.9. The molecule has 0 aromatic heterocycles. The number of Topliss-reactive ketones (excluding diaryl/α,β-unsaturated/α-hetero) is 2. The van der Waals surface area contributed by atoms with Crippen LogP contribution in [-0.2, 0) is 95.1 Å². The topological polar surface area (TPSA) is 471 Å². The number of esters is 6. The van der Waals surface area contributed by atoms with Crippen LogP contribution < -0.4 is 15.8 Å². The van der Waals surface area contributed by atoms with E-state index < -0.39 is 218 Å². The number of amides is 1. The number of ketones is 2. The lowest BCUT2D eigenvalue weighted by atomic mass is 9.44. The molecule has 10 aliphatic rings. The quantitative estimate of drug-likeness (QED) is 0.00883. The molecule has 2 unspecified atom stereocenters. The van der Waals surface area contributed by atoms with E-state index in [1.165, 1.54) is 66.6 Å². The Morgan fingerprint density at radius 3 is 1.29 bits per heavy atom. The van der Waals surface area contributed by atoms with Crippen molar-refractivity contribution in [2.75, 3.05) is 41.7 Å². The second-order valence-corrected chi connectivity index (χ2v) is 38.7. The van der Waals surface area contributed by atoms with Crippen LogP contribution in [0.25, 0.3) is 0 Å². The molecule has 34 nitrogen and oxygen atoms in total. The number of nitrogens with zero attached hydrogens (tertiary/aromatic N) is 1. The fraction of sp³-hybridized carbons (Fsp3) is 0.538. The van der Waals surface area contributed by atoms with Crippen molar-refractivity contribution in [3.05, 3.63) is 225 Å². The lowest BCUT2D eigenvalue weighted by Crippen LogP contribution is -2.82. The molecule has 138 heavy (non-hydrogen) atoms. The first kappa shape index (κ1) is 104. The highest BCUT2D eigenvalue weighted by Crippen LogP contribution is 2.68. The molecule has 24 atom stereocenters. The van der Waals surface area contributed by atoms with Gasteiger partial charge < -0.3 is 103 Å². The Labute approximate surface area is 801 Å². The van der Waals surface area contributed by atoms with Gasteiger partial charge in [-0.05, 0) is 161 Å². The molecule has 0 radical (unpaired) electrons. The zero-order valence-electron chi connectivity index (χ0n) is 80.2. The van der Waals surface area contributed by atoms with E-state index in [1.807, 2.05) is 24.3 Å². The summed E-state index contributed by atoms with van der Waals surface area (Å²) in [6.07, 6.45) is -1.41. The molecule has 4 saturated carbocycles. The van der Waals surface area contributed by atoms with E-state index in [0.29, 0.717) is 34.3 Å². The molecule has 2 saturated heterocycles. The van der Waals surface area contributed by atoms with Crippen molar-refractivity contribution in [2.45, 2.75) is 279 Å². The predicted molar refractivity (Wildman–Crippen MR) is 494 cm³/mol. The van der Waals surface area contributed by atoms with Gasteiger partial charge in [0.15, 0.2) is 35.0 Å². The largest absolute Gasteiger partial charge is 0.514 e. The molecule has 5 aromatic carbocycles. The number of non-ortho nitro benzene ring substituents is 1. The number of rotatable bonds is 23. The molecule has 7 N–H and O–H groups in total. The Bertz CT molecular complexity index is 5400. The van der Waals surface area contributed by atoms with Gasteiger partial charge in [0.25, 0.3) is 5.69 Å². The lowest BCUT2D eigenvalue weighted by molar-refractivity contribution is -0.384. The number of hydrogen-bond donors (Lipinski definition) is 6. The molecule has 4 bridgehead atoms. The van der Waals surface area contributed by atoms with Gasteiger partial charge in [-0.2, -0.15) is 0 Å². The summed E-state index contributed by atoms with van der Waals surface area (Å²) in [7, 11) is 5.62. The number of fused-ring (bicyclic) bond motifs is 10. The summed E-state index contributed by atoms with van der Waals surface area (Å²) in [6.45, 7) is 15.6. The minimum absolute atomic E-state index is 0.0568. The third-order valence-electron chi connectivity index (χ3n) is 30.2. The van der Waals surface area contributed by atoms with Gasteiger partial charge in [-0.25, -0.2) is 28.8 Å². The zero-order chi connectivity index (χ0) is 99.9. The zero-order valence-corrected chi connectivity index (χ0v) is 80.2. The van der Waals surface area contributed by atoms with E-state index in [0.717, 1.165) is 57.8 Å². The highest BCUT2D eigenvalue weighted by molar-refractivity contribution is 5.96. The van der Waals surface area contributed by atoms with Gasteiger partial charge in [0.2, 0.25) is 0 Å². The number of ether oxygens (including phenoxy) is 15. The molecule has 34 heteroatoms. The number of nitro groups is 1. The number of alkyl carbamates (subject to hydrolysis) is 1. The van der Waals surface area contributed by atoms with Crippen LogP contribution in [-0.4, -0.2) is 234 Å². The molecule has 6 fully saturated rings. The number of nitro benzene ring substituents is 1. The summed E-state index contributed by atoms with van der Waals surface area (Å²) in [5.41, 5.74) is -4.89. The number of carbonyl (C=O) groups is 10. The Hall–Kier alpha value is -11.3. The van der Waals surface area contributed by atoms with Crippen LogP contribution in [0, 0.1) is 43.6 Å². The van der Waals surface area contributed by atoms with Crippen LogP contribution in [0.2, 0.25) is 0 Å². The maximum atomic E-state index is 15.6. The maximum Gasteiger partial charge on any atom is 0.514 e. The van der Waals surface area contributed by atoms with Crippen LogP contribution in [0.5, 0.6) is 5.75 Å². The maximum absolute atomic E-state index is 15.6. The summed E-state index contributed by atoms with van der Waals surface area (Å²) in [4.78, 5) is 149.